The van der Waals surface area contributed by atoms with E-state index in [0.717, 1.165) is 11.1 Å². The predicted molar refractivity (Wildman–Crippen MR) is 128 cm³/mol. The summed E-state index contributed by atoms with van der Waals surface area (Å²) in [5, 5.41) is 7.70. The second kappa shape index (κ2) is 12.3. The van der Waals surface area contributed by atoms with Gasteiger partial charge in [0.15, 0.2) is 0 Å². The van der Waals surface area contributed by atoms with E-state index in [2.05, 4.69) is 29.1 Å². The lowest BCUT2D eigenvalue weighted by Crippen LogP contribution is -2.51. The molecule has 5 amide bonds. The average molecular weight is 467 g/mol. The largest absolute Gasteiger partial charge is 0.352 e. The second-order valence-electron chi connectivity index (χ2n) is 8.17. The van der Waals surface area contributed by atoms with Gasteiger partial charge >= 0.3 is 0 Å². The highest BCUT2D eigenvalue weighted by molar-refractivity contribution is 6.00. The summed E-state index contributed by atoms with van der Waals surface area (Å²) >= 11 is 0. The first-order valence-corrected chi connectivity index (χ1v) is 10.8. The summed E-state index contributed by atoms with van der Waals surface area (Å²) in [5.74, 6) is -1.26. The number of nitrogens with zero attached hydrogens (tertiary/aromatic N) is 1. The van der Waals surface area contributed by atoms with E-state index in [1.165, 1.54) is 11.8 Å². The van der Waals surface area contributed by atoms with Gasteiger partial charge in [-0.3, -0.25) is 29.3 Å². The Morgan fingerprint density at radius 2 is 1.91 bits per heavy atom. The Morgan fingerprint density at radius 1 is 1.21 bits per heavy atom. The number of allylic oxidation sites excluding steroid dienone is 1. The lowest BCUT2D eigenvalue weighted by atomic mass is 10.0. The summed E-state index contributed by atoms with van der Waals surface area (Å²) in [5.41, 5.74) is 3.45. The number of anilines is 1. The summed E-state index contributed by atoms with van der Waals surface area (Å²) < 4.78 is 0. The van der Waals surface area contributed by atoms with E-state index in [-0.39, 0.29) is 43.5 Å². The van der Waals surface area contributed by atoms with Gasteiger partial charge in [0.1, 0.15) is 6.04 Å². The molecule has 2 rings (SSSR count). The Kier molecular flexibility index (Phi) is 9.49. The van der Waals surface area contributed by atoms with Crippen LogP contribution < -0.4 is 16.0 Å². The molecular formula is C25H30N4O5. The van der Waals surface area contributed by atoms with Crippen LogP contribution in [-0.4, -0.2) is 47.5 Å². The molecule has 0 bridgehead atoms. The highest BCUT2D eigenvalue weighted by Crippen LogP contribution is 2.20. The lowest BCUT2D eigenvalue weighted by molar-refractivity contribution is -0.141. The number of hydrogen-bond acceptors (Lipinski definition) is 5. The SMILES string of the molecule is C=C(/C=C\C(=C)CC(=O)Nc1ccc(C)c(CN(C=O)C2CCC(=O)NC2=O)c1)CNC(C)=O. The Hall–Kier alpha value is -4.01. The van der Waals surface area contributed by atoms with Crippen LogP contribution in [0.15, 0.2) is 54.7 Å². The summed E-state index contributed by atoms with van der Waals surface area (Å²) in [6, 6.07) is 4.60. The zero-order chi connectivity index (χ0) is 25.3. The minimum atomic E-state index is -0.719. The standard InChI is InChI=1S/C25H30N4O5/c1-16(5-6-17(2)13-26-19(4)31)11-24(33)27-21-8-7-18(3)20(12-21)14-29(15-30)22-9-10-23(32)28-25(22)34/h5-8,12,15,22H,1-2,9-11,13-14H2,3-4H3,(H,26,31)(H,27,33)(H,28,32,34)/b6-5-. The molecule has 34 heavy (non-hydrogen) atoms. The average Bonchev–Trinajstić information content (AvgIpc) is 2.77. The van der Waals surface area contributed by atoms with E-state index >= 15 is 0 Å². The number of hydrogen-bond donors (Lipinski definition) is 3. The Morgan fingerprint density at radius 3 is 2.56 bits per heavy atom. The number of carbonyl (C=O) groups is 5. The third-order valence-corrected chi connectivity index (χ3v) is 5.24. The molecule has 1 unspecified atom stereocenters. The van der Waals surface area contributed by atoms with Crippen molar-refractivity contribution in [3.05, 3.63) is 65.8 Å². The maximum absolute atomic E-state index is 12.4. The molecule has 1 fully saturated rings. The van der Waals surface area contributed by atoms with Crippen molar-refractivity contribution in [2.45, 2.75) is 45.7 Å². The van der Waals surface area contributed by atoms with Crippen LogP contribution in [-0.2, 0) is 30.5 Å². The predicted octanol–water partition coefficient (Wildman–Crippen LogP) is 1.89. The first-order chi connectivity index (χ1) is 16.1. The fourth-order valence-corrected chi connectivity index (χ4v) is 3.34. The van der Waals surface area contributed by atoms with Crippen molar-refractivity contribution in [3.63, 3.8) is 0 Å². The van der Waals surface area contributed by atoms with Gasteiger partial charge in [-0.25, -0.2) is 0 Å². The van der Waals surface area contributed by atoms with Crippen molar-refractivity contribution in [2.24, 2.45) is 0 Å². The molecule has 1 atom stereocenters. The highest BCUT2D eigenvalue weighted by Gasteiger charge is 2.31. The normalized spacial score (nSPS) is 15.4. The van der Waals surface area contributed by atoms with Crippen molar-refractivity contribution in [2.75, 3.05) is 11.9 Å². The van der Waals surface area contributed by atoms with Crippen LogP contribution in [0.3, 0.4) is 0 Å². The molecule has 1 aromatic carbocycles. The van der Waals surface area contributed by atoms with Gasteiger partial charge in [-0.1, -0.05) is 31.4 Å². The van der Waals surface area contributed by atoms with Gasteiger partial charge in [-0.05, 0) is 47.8 Å². The van der Waals surface area contributed by atoms with E-state index in [9.17, 15) is 24.0 Å². The zero-order valence-electron chi connectivity index (χ0n) is 19.5. The van der Waals surface area contributed by atoms with Crippen LogP contribution in [0.2, 0.25) is 0 Å². The smallest absolute Gasteiger partial charge is 0.249 e. The first kappa shape index (κ1) is 26.2. The Labute approximate surface area is 199 Å². The van der Waals surface area contributed by atoms with Gasteiger partial charge < -0.3 is 15.5 Å². The molecule has 1 aliphatic heterocycles. The van der Waals surface area contributed by atoms with Crippen molar-refractivity contribution in [3.8, 4) is 0 Å². The first-order valence-electron chi connectivity index (χ1n) is 10.8. The molecule has 1 aromatic rings. The van der Waals surface area contributed by atoms with Gasteiger partial charge in [0.2, 0.25) is 30.0 Å². The number of carbonyl (C=O) groups excluding carboxylic acids is 5. The van der Waals surface area contributed by atoms with Crippen LogP contribution in [0.25, 0.3) is 0 Å². The number of piperidine rings is 1. The fraction of sp³-hybridized carbons (Fsp3) is 0.320. The number of imide groups is 1. The minimum absolute atomic E-state index is 0.0594. The maximum atomic E-state index is 12.4. The molecule has 180 valence electrons. The van der Waals surface area contributed by atoms with Gasteiger partial charge in [0.25, 0.3) is 0 Å². The van der Waals surface area contributed by atoms with Crippen LogP contribution >= 0.6 is 0 Å². The summed E-state index contributed by atoms with van der Waals surface area (Å²) in [6.07, 6.45) is 4.47. The number of nitrogens with one attached hydrogen (secondary N) is 3. The Bertz CT molecular complexity index is 1040. The number of aryl methyl sites for hydroxylation is 1. The van der Waals surface area contributed by atoms with E-state index in [1.807, 2.05) is 13.0 Å². The van der Waals surface area contributed by atoms with Gasteiger partial charge in [-0.15, -0.1) is 0 Å². The van der Waals surface area contributed by atoms with Crippen molar-refractivity contribution >= 4 is 35.7 Å². The quantitative estimate of drug-likeness (QED) is 0.261. The number of amides is 5. The van der Waals surface area contributed by atoms with Crippen molar-refractivity contribution in [1.82, 2.24) is 15.5 Å². The maximum Gasteiger partial charge on any atom is 0.249 e. The van der Waals surface area contributed by atoms with Crippen molar-refractivity contribution in [1.29, 1.82) is 0 Å². The number of rotatable bonds is 11. The highest BCUT2D eigenvalue weighted by atomic mass is 16.2. The van der Waals surface area contributed by atoms with Gasteiger partial charge in [0, 0.05) is 32.1 Å². The van der Waals surface area contributed by atoms with Gasteiger partial charge in [0.05, 0.1) is 6.42 Å². The molecular weight excluding hydrogens is 436 g/mol. The zero-order valence-corrected chi connectivity index (χ0v) is 19.5. The van der Waals surface area contributed by atoms with E-state index in [4.69, 9.17) is 0 Å². The van der Waals surface area contributed by atoms with Crippen molar-refractivity contribution < 1.29 is 24.0 Å². The third-order valence-electron chi connectivity index (χ3n) is 5.24. The van der Waals surface area contributed by atoms with E-state index in [1.54, 1.807) is 24.3 Å². The van der Waals surface area contributed by atoms with Gasteiger partial charge in [-0.2, -0.15) is 0 Å². The second-order valence-corrected chi connectivity index (χ2v) is 8.17. The molecule has 0 radical (unpaired) electrons. The van der Waals surface area contributed by atoms with Crippen LogP contribution in [0, 0.1) is 6.92 Å². The summed E-state index contributed by atoms with van der Waals surface area (Å²) in [4.78, 5) is 59.9. The molecule has 1 aliphatic rings. The molecule has 0 aromatic heterocycles. The van der Waals surface area contributed by atoms with Crippen LogP contribution in [0.4, 0.5) is 5.69 Å². The van der Waals surface area contributed by atoms with Crippen LogP contribution in [0.5, 0.6) is 0 Å². The van der Waals surface area contributed by atoms with E-state index in [0.29, 0.717) is 29.8 Å². The minimum Gasteiger partial charge on any atom is -0.352 e. The molecule has 0 spiro atoms. The van der Waals surface area contributed by atoms with E-state index < -0.39 is 11.9 Å². The molecule has 9 nitrogen and oxygen atoms in total. The molecule has 0 saturated carbocycles. The molecule has 0 aliphatic carbocycles. The topological polar surface area (TPSA) is 125 Å². The van der Waals surface area contributed by atoms with Crippen LogP contribution in [0.1, 0.15) is 37.3 Å². The Balaban J connectivity index is 1.98. The monoisotopic (exact) mass is 466 g/mol. The third kappa shape index (κ3) is 8.16. The number of benzene rings is 1. The lowest BCUT2D eigenvalue weighted by Gasteiger charge is -2.30. The summed E-state index contributed by atoms with van der Waals surface area (Å²) in [6.45, 7) is 11.5. The molecule has 3 N–H and O–H groups in total. The molecule has 1 heterocycles. The summed E-state index contributed by atoms with van der Waals surface area (Å²) in [7, 11) is 0. The molecule has 1 saturated heterocycles. The fourth-order valence-electron chi connectivity index (χ4n) is 3.34. The molecule has 9 heteroatoms.